The minimum atomic E-state index is -2.46. The molecule has 0 fully saturated rings. The first kappa shape index (κ1) is 12.4. The van der Waals surface area contributed by atoms with Crippen LogP contribution in [0.5, 0.6) is 5.75 Å². The van der Waals surface area contributed by atoms with Crippen LogP contribution in [0, 0.1) is 0 Å². The first-order chi connectivity index (χ1) is 7.00. The van der Waals surface area contributed by atoms with Gasteiger partial charge in [0.1, 0.15) is 12.4 Å². The lowest BCUT2D eigenvalue weighted by molar-refractivity contribution is 0.0818. The molecule has 0 aliphatic heterocycles. The van der Waals surface area contributed by atoms with Gasteiger partial charge >= 0.3 is 0 Å². The maximum absolute atomic E-state index is 11.9. The second kappa shape index (κ2) is 5.42. The Hall–Kier alpha value is -0.680. The van der Waals surface area contributed by atoms with E-state index in [1.165, 1.54) is 0 Å². The van der Waals surface area contributed by atoms with Crippen molar-refractivity contribution in [2.24, 2.45) is 5.73 Å². The summed E-state index contributed by atoms with van der Waals surface area (Å²) in [6.45, 7) is 1.25. The topological polar surface area (TPSA) is 35.2 Å². The summed E-state index contributed by atoms with van der Waals surface area (Å²) >= 11 is 3.31. The molecule has 1 rings (SSSR count). The fourth-order valence-electron chi connectivity index (χ4n) is 1.13. The summed E-state index contributed by atoms with van der Waals surface area (Å²) in [5, 5.41) is 0. The maximum atomic E-state index is 11.9. The Labute approximate surface area is 95.5 Å². The van der Waals surface area contributed by atoms with Gasteiger partial charge in [-0.3, -0.25) is 0 Å². The van der Waals surface area contributed by atoms with Crippen LogP contribution in [0.25, 0.3) is 0 Å². The van der Waals surface area contributed by atoms with Crippen molar-refractivity contribution in [3.63, 3.8) is 0 Å². The van der Waals surface area contributed by atoms with Gasteiger partial charge in [0, 0.05) is 10.5 Å². The number of ether oxygens (including phenoxy) is 1. The smallest absolute Gasteiger partial charge is 0.272 e. The first-order valence-corrected chi connectivity index (χ1v) is 5.26. The van der Waals surface area contributed by atoms with Crippen LogP contribution in [-0.2, 0) is 0 Å². The SMILES string of the molecule is C[C@H](N)c1ccc(OCC(F)F)cc1Br. The Bertz CT molecular complexity index is 331. The molecule has 0 saturated carbocycles. The zero-order valence-corrected chi connectivity index (χ0v) is 9.80. The van der Waals surface area contributed by atoms with Crippen molar-refractivity contribution >= 4 is 15.9 Å². The lowest BCUT2D eigenvalue weighted by atomic mass is 10.1. The van der Waals surface area contributed by atoms with Crippen LogP contribution >= 0.6 is 15.9 Å². The molecule has 2 nitrogen and oxygen atoms in total. The highest BCUT2D eigenvalue weighted by Crippen LogP contribution is 2.26. The van der Waals surface area contributed by atoms with E-state index in [0.29, 0.717) is 5.75 Å². The largest absolute Gasteiger partial charge is 0.488 e. The maximum Gasteiger partial charge on any atom is 0.272 e. The van der Waals surface area contributed by atoms with Gasteiger partial charge in [-0.2, -0.15) is 0 Å². The van der Waals surface area contributed by atoms with Gasteiger partial charge < -0.3 is 10.5 Å². The third-order valence-electron chi connectivity index (χ3n) is 1.84. The molecule has 0 radical (unpaired) electrons. The van der Waals surface area contributed by atoms with Crippen LogP contribution in [0.3, 0.4) is 0 Å². The van der Waals surface area contributed by atoms with Gasteiger partial charge in [0.25, 0.3) is 6.43 Å². The standard InChI is InChI=1S/C10H12BrF2NO/c1-6(14)8-3-2-7(4-9(8)11)15-5-10(12)13/h2-4,6,10H,5,14H2,1H3/t6-/m0/s1. The van der Waals surface area contributed by atoms with Crippen LogP contribution in [-0.4, -0.2) is 13.0 Å². The summed E-state index contributed by atoms with van der Waals surface area (Å²) in [5.41, 5.74) is 6.61. The summed E-state index contributed by atoms with van der Waals surface area (Å²) in [6.07, 6.45) is -2.46. The molecule has 1 atom stereocenters. The number of benzene rings is 1. The normalized spacial score (nSPS) is 12.9. The van der Waals surface area contributed by atoms with Crippen LogP contribution in [0.1, 0.15) is 18.5 Å². The van der Waals surface area contributed by atoms with E-state index in [2.05, 4.69) is 15.9 Å². The van der Waals surface area contributed by atoms with Crippen LogP contribution in [0.2, 0.25) is 0 Å². The Kier molecular flexibility index (Phi) is 4.47. The van der Waals surface area contributed by atoms with Crippen molar-refractivity contribution in [1.29, 1.82) is 0 Å². The Morgan fingerprint density at radius 2 is 2.13 bits per heavy atom. The molecule has 1 aromatic carbocycles. The van der Waals surface area contributed by atoms with E-state index in [1.54, 1.807) is 18.2 Å². The average molecular weight is 280 g/mol. The summed E-state index contributed by atoms with van der Waals surface area (Å²) in [5.74, 6) is 0.409. The Morgan fingerprint density at radius 3 is 2.60 bits per heavy atom. The molecule has 5 heteroatoms. The van der Waals surface area contributed by atoms with Crippen molar-refractivity contribution in [3.8, 4) is 5.75 Å². The van der Waals surface area contributed by atoms with E-state index in [4.69, 9.17) is 10.5 Å². The molecule has 1 aromatic rings. The minimum absolute atomic E-state index is 0.108. The lowest BCUT2D eigenvalue weighted by Gasteiger charge is -2.11. The Morgan fingerprint density at radius 1 is 1.47 bits per heavy atom. The summed E-state index contributed by atoms with van der Waals surface area (Å²) in [6, 6.07) is 4.92. The van der Waals surface area contributed by atoms with Crippen LogP contribution < -0.4 is 10.5 Å². The quantitative estimate of drug-likeness (QED) is 0.919. The number of hydrogen-bond acceptors (Lipinski definition) is 2. The zero-order valence-electron chi connectivity index (χ0n) is 8.21. The molecule has 0 bridgehead atoms. The summed E-state index contributed by atoms with van der Waals surface area (Å²) in [4.78, 5) is 0. The van der Waals surface area contributed by atoms with Crippen LogP contribution in [0.4, 0.5) is 8.78 Å². The van der Waals surface area contributed by atoms with E-state index >= 15 is 0 Å². The molecule has 0 amide bonds. The van der Waals surface area contributed by atoms with Crippen molar-refractivity contribution in [1.82, 2.24) is 0 Å². The second-order valence-corrected chi connectivity index (χ2v) is 4.03. The van der Waals surface area contributed by atoms with Gasteiger partial charge in [-0.15, -0.1) is 0 Å². The van der Waals surface area contributed by atoms with Crippen molar-refractivity contribution in [2.75, 3.05) is 6.61 Å². The average Bonchev–Trinajstić information content (AvgIpc) is 2.14. The van der Waals surface area contributed by atoms with Gasteiger partial charge in [-0.05, 0) is 24.6 Å². The van der Waals surface area contributed by atoms with Gasteiger partial charge in [-0.25, -0.2) is 8.78 Å². The monoisotopic (exact) mass is 279 g/mol. The number of alkyl halides is 2. The summed E-state index contributed by atoms with van der Waals surface area (Å²) < 4.78 is 29.4. The minimum Gasteiger partial charge on any atom is -0.488 e. The molecule has 0 aromatic heterocycles. The fraction of sp³-hybridized carbons (Fsp3) is 0.400. The molecule has 2 N–H and O–H groups in total. The van der Waals surface area contributed by atoms with Gasteiger partial charge in [0.05, 0.1) is 0 Å². The van der Waals surface area contributed by atoms with E-state index < -0.39 is 13.0 Å². The molecule has 15 heavy (non-hydrogen) atoms. The number of hydrogen-bond donors (Lipinski definition) is 1. The highest BCUT2D eigenvalue weighted by molar-refractivity contribution is 9.10. The predicted molar refractivity (Wildman–Crippen MR) is 58.2 cm³/mol. The lowest BCUT2D eigenvalue weighted by Crippen LogP contribution is -2.08. The number of rotatable bonds is 4. The van der Waals surface area contributed by atoms with Gasteiger partial charge in [-0.1, -0.05) is 22.0 Å². The van der Waals surface area contributed by atoms with Crippen molar-refractivity contribution in [3.05, 3.63) is 28.2 Å². The molecular formula is C10H12BrF2NO. The first-order valence-electron chi connectivity index (χ1n) is 4.46. The predicted octanol–water partition coefficient (Wildman–Crippen LogP) is 3.11. The Balaban J connectivity index is 2.73. The molecule has 0 spiro atoms. The molecular weight excluding hydrogens is 268 g/mol. The van der Waals surface area contributed by atoms with E-state index in [1.807, 2.05) is 6.92 Å². The van der Waals surface area contributed by atoms with Crippen molar-refractivity contribution < 1.29 is 13.5 Å². The van der Waals surface area contributed by atoms with Gasteiger partial charge in [0.15, 0.2) is 0 Å². The fourth-order valence-corrected chi connectivity index (χ4v) is 1.85. The number of nitrogens with two attached hydrogens (primary N) is 1. The van der Waals surface area contributed by atoms with E-state index in [-0.39, 0.29) is 6.04 Å². The summed E-state index contributed by atoms with van der Waals surface area (Å²) in [7, 11) is 0. The second-order valence-electron chi connectivity index (χ2n) is 3.17. The molecule has 0 saturated heterocycles. The van der Waals surface area contributed by atoms with Crippen LogP contribution in [0.15, 0.2) is 22.7 Å². The molecule has 0 aliphatic carbocycles. The third kappa shape index (κ3) is 3.76. The molecule has 0 aliphatic rings. The highest BCUT2D eigenvalue weighted by atomic mass is 79.9. The molecule has 0 unspecified atom stereocenters. The molecule has 84 valence electrons. The van der Waals surface area contributed by atoms with E-state index in [9.17, 15) is 8.78 Å². The van der Waals surface area contributed by atoms with Crippen molar-refractivity contribution in [2.45, 2.75) is 19.4 Å². The zero-order chi connectivity index (χ0) is 11.4. The third-order valence-corrected chi connectivity index (χ3v) is 2.53. The van der Waals surface area contributed by atoms with Gasteiger partial charge in [0.2, 0.25) is 0 Å². The molecule has 0 heterocycles. The number of halogens is 3. The highest BCUT2D eigenvalue weighted by Gasteiger charge is 2.08. The van der Waals surface area contributed by atoms with E-state index in [0.717, 1.165) is 10.0 Å².